The van der Waals surface area contributed by atoms with E-state index < -0.39 is 0 Å². The lowest BCUT2D eigenvalue weighted by Crippen LogP contribution is -2.51. The van der Waals surface area contributed by atoms with Gasteiger partial charge in [0, 0.05) is 32.4 Å². The van der Waals surface area contributed by atoms with Crippen molar-refractivity contribution in [2.24, 2.45) is 0 Å². The number of aromatic nitrogens is 3. The van der Waals surface area contributed by atoms with E-state index in [1.165, 1.54) is 0 Å². The van der Waals surface area contributed by atoms with Crippen LogP contribution in [0.15, 0.2) is 29.2 Å². The van der Waals surface area contributed by atoms with Crippen LogP contribution < -0.4 is 26.1 Å². The Balaban J connectivity index is 1.66. The van der Waals surface area contributed by atoms with Crippen LogP contribution in [0, 0.1) is 25.2 Å². The second kappa shape index (κ2) is 10.1. The summed E-state index contributed by atoms with van der Waals surface area (Å²) in [6, 6.07) is 7.92. The van der Waals surface area contributed by atoms with Crippen LogP contribution >= 0.6 is 0 Å². The van der Waals surface area contributed by atoms with Crippen molar-refractivity contribution >= 4 is 22.4 Å². The Morgan fingerprint density at radius 2 is 1.89 bits per heavy atom. The van der Waals surface area contributed by atoms with Gasteiger partial charge in [-0.25, -0.2) is 14.6 Å². The molecule has 10 heteroatoms. The number of nitrogens with zero attached hydrogens (tertiary/aromatic N) is 6. The van der Waals surface area contributed by atoms with E-state index in [4.69, 9.17) is 14.7 Å². The fourth-order valence-electron chi connectivity index (χ4n) is 5.06. The summed E-state index contributed by atoms with van der Waals surface area (Å²) >= 11 is 0. The molecule has 4 heterocycles. The van der Waals surface area contributed by atoms with Crippen molar-refractivity contribution < 1.29 is 4.74 Å². The van der Waals surface area contributed by atoms with Gasteiger partial charge in [0.05, 0.1) is 49.4 Å². The molecule has 3 aromatic rings. The number of nitrogens with one attached hydrogen (secondary N) is 2. The number of aryl methyl sites for hydroxylation is 1. The Bertz CT molecular complexity index is 1370. The average molecular weight is 489 g/mol. The zero-order valence-electron chi connectivity index (χ0n) is 21.0. The number of hydrogen-bond acceptors (Lipinski definition) is 9. The van der Waals surface area contributed by atoms with Gasteiger partial charge in [0.15, 0.2) is 0 Å². The minimum atomic E-state index is -0.109. The highest BCUT2D eigenvalue weighted by Gasteiger charge is 2.25. The van der Waals surface area contributed by atoms with Gasteiger partial charge in [-0.2, -0.15) is 5.26 Å². The molecule has 188 valence electrons. The van der Waals surface area contributed by atoms with Crippen molar-refractivity contribution in [3.8, 4) is 6.07 Å². The number of rotatable bonds is 5. The molecule has 1 aromatic carbocycles. The van der Waals surface area contributed by atoms with Crippen molar-refractivity contribution in [2.75, 3.05) is 67.7 Å². The molecule has 2 fully saturated rings. The monoisotopic (exact) mass is 488 g/mol. The second-order valence-corrected chi connectivity index (χ2v) is 9.31. The summed E-state index contributed by atoms with van der Waals surface area (Å²) in [5, 5.41) is 19.2. The Morgan fingerprint density at radius 1 is 1.14 bits per heavy atom. The maximum Gasteiger partial charge on any atom is 0.294 e. The third-order valence-electron chi connectivity index (χ3n) is 6.99. The zero-order chi connectivity index (χ0) is 25.2. The number of benzene rings is 1. The fourth-order valence-corrected chi connectivity index (χ4v) is 5.06. The first-order valence-electron chi connectivity index (χ1n) is 12.5. The van der Waals surface area contributed by atoms with Crippen LogP contribution in [0.4, 0.5) is 11.5 Å². The number of morpholine rings is 1. The summed E-state index contributed by atoms with van der Waals surface area (Å²) < 4.78 is 7.25. The molecule has 2 aromatic heterocycles. The van der Waals surface area contributed by atoms with Gasteiger partial charge in [-0.1, -0.05) is 12.1 Å². The highest BCUT2D eigenvalue weighted by molar-refractivity contribution is 5.97. The number of nitriles is 1. The summed E-state index contributed by atoms with van der Waals surface area (Å²) in [5.74, 6) is 1.27. The van der Waals surface area contributed by atoms with Gasteiger partial charge >= 0.3 is 0 Å². The van der Waals surface area contributed by atoms with E-state index in [1.807, 2.05) is 43.3 Å². The number of pyridine rings is 1. The summed E-state index contributed by atoms with van der Waals surface area (Å²) in [6.45, 7) is 11.4. The Morgan fingerprint density at radius 3 is 2.61 bits per heavy atom. The molecule has 0 unspecified atom stereocenters. The van der Waals surface area contributed by atoms with Gasteiger partial charge in [-0.05, 0) is 38.0 Å². The maximum atomic E-state index is 13.9. The molecule has 0 amide bonds. The summed E-state index contributed by atoms with van der Waals surface area (Å²) in [7, 11) is 0. The average Bonchev–Trinajstić information content (AvgIpc) is 2.89. The molecule has 2 N–H and O–H groups in total. The molecule has 0 aliphatic carbocycles. The van der Waals surface area contributed by atoms with E-state index in [0.717, 1.165) is 42.7 Å². The largest absolute Gasteiger partial charge is 0.378 e. The molecule has 5 rings (SSSR count). The molecular weight excluding hydrogens is 456 g/mol. The number of anilines is 2. The number of ether oxygens (including phenoxy) is 1. The lowest BCUT2D eigenvalue weighted by Gasteiger charge is -2.34. The lowest BCUT2D eigenvalue weighted by molar-refractivity contribution is 0.111. The van der Waals surface area contributed by atoms with Crippen molar-refractivity contribution in [3.05, 3.63) is 57.3 Å². The van der Waals surface area contributed by atoms with Gasteiger partial charge in [-0.3, -0.25) is 4.79 Å². The van der Waals surface area contributed by atoms with Crippen molar-refractivity contribution in [2.45, 2.75) is 26.8 Å². The minimum absolute atomic E-state index is 0.0686. The number of fused-ring (bicyclic) bond motifs is 1. The van der Waals surface area contributed by atoms with Crippen LogP contribution in [0.3, 0.4) is 0 Å². The van der Waals surface area contributed by atoms with E-state index in [9.17, 15) is 10.1 Å². The van der Waals surface area contributed by atoms with Gasteiger partial charge in [0.2, 0.25) is 0 Å². The van der Waals surface area contributed by atoms with Crippen molar-refractivity contribution in [1.82, 2.24) is 20.0 Å². The smallest absolute Gasteiger partial charge is 0.294 e. The standard InChI is InChI=1S/C26H32N8O2/c1-17-20(15-27)5-4-6-21(17)18(2)29-25-22-16-34(33-11-13-36-14-12-33)26(35)24(23(22)30-19(3)31-25)32-9-7-28-8-10-32/h4-6,16,18,28H,7-14H2,1-3H3,(H,29,30,31)/t18-/m1/s1. The van der Waals surface area contributed by atoms with Crippen molar-refractivity contribution in [1.29, 1.82) is 5.26 Å². The Hall–Kier alpha value is -3.68. The third-order valence-corrected chi connectivity index (χ3v) is 6.99. The normalized spacial score (nSPS) is 17.2. The molecule has 2 aliphatic rings. The van der Waals surface area contributed by atoms with Crippen molar-refractivity contribution in [3.63, 3.8) is 0 Å². The molecule has 1 atom stereocenters. The van der Waals surface area contributed by atoms with E-state index >= 15 is 0 Å². The van der Waals surface area contributed by atoms with Gasteiger partial charge in [-0.15, -0.1) is 0 Å². The topological polar surface area (TPSA) is 111 Å². The van der Waals surface area contributed by atoms with Crippen LogP contribution in [0.25, 0.3) is 10.9 Å². The number of piperazine rings is 1. The molecule has 0 radical (unpaired) electrons. The maximum absolute atomic E-state index is 13.9. The van der Waals surface area contributed by atoms with Crippen LogP contribution in [0.2, 0.25) is 0 Å². The lowest BCUT2D eigenvalue weighted by atomic mass is 9.98. The van der Waals surface area contributed by atoms with E-state index in [0.29, 0.717) is 54.7 Å². The Kier molecular flexibility index (Phi) is 6.76. The fraction of sp³-hybridized carbons (Fsp3) is 0.462. The van der Waals surface area contributed by atoms with Crippen LogP contribution in [0.5, 0.6) is 0 Å². The van der Waals surface area contributed by atoms with Gasteiger partial charge in [0.25, 0.3) is 5.56 Å². The highest BCUT2D eigenvalue weighted by atomic mass is 16.5. The first-order valence-corrected chi connectivity index (χ1v) is 12.5. The van der Waals surface area contributed by atoms with E-state index in [2.05, 4.69) is 28.5 Å². The number of hydrogen-bond donors (Lipinski definition) is 2. The SMILES string of the molecule is Cc1nc(N[C@H](C)c2cccc(C#N)c2C)c2cn(N3CCOCC3)c(=O)c(N3CCNCC3)c2n1. The zero-order valence-corrected chi connectivity index (χ0v) is 21.0. The van der Waals surface area contributed by atoms with Crippen LogP contribution in [0.1, 0.15) is 35.5 Å². The molecule has 2 aliphatic heterocycles. The Labute approximate surface area is 210 Å². The first-order chi connectivity index (χ1) is 17.5. The quantitative estimate of drug-likeness (QED) is 0.556. The predicted molar refractivity (Wildman–Crippen MR) is 140 cm³/mol. The highest BCUT2D eigenvalue weighted by Crippen LogP contribution is 2.30. The predicted octanol–water partition coefficient (Wildman–Crippen LogP) is 1.83. The summed E-state index contributed by atoms with van der Waals surface area (Å²) in [4.78, 5) is 25.5. The summed E-state index contributed by atoms with van der Waals surface area (Å²) in [6.07, 6.45) is 1.86. The molecule has 0 bridgehead atoms. The van der Waals surface area contributed by atoms with E-state index in [-0.39, 0.29) is 11.6 Å². The molecular formula is C26H32N8O2. The molecule has 10 nitrogen and oxygen atoms in total. The van der Waals surface area contributed by atoms with Gasteiger partial charge in [0.1, 0.15) is 22.8 Å². The first kappa shape index (κ1) is 24.0. The van der Waals surface area contributed by atoms with Crippen LogP contribution in [-0.2, 0) is 4.74 Å². The van der Waals surface area contributed by atoms with E-state index in [1.54, 1.807) is 4.68 Å². The molecule has 0 spiro atoms. The third kappa shape index (κ3) is 4.47. The summed E-state index contributed by atoms with van der Waals surface area (Å²) in [5.41, 5.74) is 3.84. The minimum Gasteiger partial charge on any atom is -0.378 e. The van der Waals surface area contributed by atoms with Gasteiger partial charge < -0.3 is 25.3 Å². The second-order valence-electron chi connectivity index (χ2n) is 9.31. The van der Waals surface area contributed by atoms with Crippen LogP contribution in [-0.4, -0.2) is 67.1 Å². The molecule has 36 heavy (non-hydrogen) atoms. The molecule has 0 saturated carbocycles. The molecule has 2 saturated heterocycles.